The van der Waals surface area contributed by atoms with Crippen LogP contribution in [0.15, 0.2) is 0 Å². The van der Waals surface area contributed by atoms with Gasteiger partial charge in [-0.05, 0) is 58.3 Å². The summed E-state index contributed by atoms with van der Waals surface area (Å²) in [5.74, 6) is 0.548. The van der Waals surface area contributed by atoms with Crippen LogP contribution in [0.3, 0.4) is 0 Å². The quantitative estimate of drug-likeness (QED) is 0.255. The Bertz CT molecular complexity index is 363. The van der Waals surface area contributed by atoms with E-state index in [-0.39, 0.29) is 12.2 Å². The normalized spacial score (nSPS) is 23.2. The highest BCUT2D eigenvalue weighted by Gasteiger charge is 2.41. The molecule has 168 valence electrons. The molecule has 1 N–H and O–H groups in total. The molecule has 1 aliphatic rings. The minimum Gasteiger partial charge on any atom is -0.390 e. The van der Waals surface area contributed by atoms with Crippen LogP contribution in [-0.4, -0.2) is 52.5 Å². The molecule has 0 spiro atoms. The summed E-state index contributed by atoms with van der Waals surface area (Å²) in [5, 5.41) is 10.3. The first kappa shape index (κ1) is 26.1. The third kappa shape index (κ3) is 10.2. The first-order valence-corrected chi connectivity index (χ1v) is 13.7. The Morgan fingerprint density at radius 3 is 2.07 bits per heavy atom. The first-order valence-electron chi connectivity index (χ1n) is 11.8. The monoisotopic (exact) mass is 418 g/mol. The molecule has 0 amide bonds. The maximum Gasteiger partial charge on any atom is 0.500 e. The van der Waals surface area contributed by atoms with Crippen LogP contribution in [0, 0.1) is 5.92 Å². The molecule has 0 bridgehead atoms. The maximum atomic E-state index is 10.3. The zero-order valence-electron chi connectivity index (χ0n) is 18.9. The van der Waals surface area contributed by atoms with Crippen molar-refractivity contribution < 1.29 is 23.1 Å². The number of hydrogen-bond acceptors (Lipinski definition) is 5. The second kappa shape index (κ2) is 15.8. The lowest BCUT2D eigenvalue weighted by atomic mass is 9.84. The van der Waals surface area contributed by atoms with Gasteiger partial charge < -0.3 is 23.1 Å². The molecule has 0 aliphatic heterocycles. The topological polar surface area (TPSA) is 57.2 Å². The van der Waals surface area contributed by atoms with E-state index in [0.29, 0.717) is 19.1 Å². The van der Waals surface area contributed by atoms with Crippen molar-refractivity contribution in [3.8, 4) is 0 Å². The smallest absolute Gasteiger partial charge is 0.390 e. The molecule has 0 radical (unpaired) electrons. The summed E-state index contributed by atoms with van der Waals surface area (Å²) in [6.45, 7) is 11.2. The molecule has 0 aromatic rings. The second-order valence-electron chi connectivity index (χ2n) is 8.01. The van der Waals surface area contributed by atoms with Crippen LogP contribution in [-0.2, 0) is 18.0 Å². The van der Waals surface area contributed by atoms with Crippen molar-refractivity contribution in [2.75, 3.05) is 26.4 Å². The minimum absolute atomic E-state index is 0.0173. The van der Waals surface area contributed by atoms with Gasteiger partial charge in [0.2, 0.25) is 0 Å². The fourth-order valence-corrected chi connectivity index (χ4v) is 6.75. The van der Waals surface area contributed by atoms with Gasteiger partial charge in [0, 0.05) is 32.5 Å². The number of unbranched alkanes of at least 4 members (excludes halogenated alkanes) is 4. The second-order valence-corrected chi connectivity index (χ2v) is 10.7. The molecule has 3 unspecified atom stereocenters. The van der Waals surface area contributed by atoms with E-state index in [4.69, 9.17) is 18.0 Å². The summed E-state index contributed by atoms with van der Waals surface area (Å²) in [6, 6.07) is 0.865. The Morgan fingerprint density at radius 1 is 0.821 bits per heavy atom. The van der Waals surface area contributed by atoms with E-state index in [9.17, 15) is 5.11 Å². The highest BCUT2D eigenvalue weighted by atomic mass is 28.4. The number of hydrogen-bond donors (Lipinski definition) is 1. The van der Waals surface area contributed by atoms with Gasteiger partial charge in [0.15, 0.2) is 0 Å². The summed E-state index contributed by atoms with van der Waals surface area (Å²) in [7, 11) is -2.61. The van der Waals surface area contributed by atoms with Gasteiger partial charge in [-0.25, -0.2) is 0 Å². The fourth-order valence-electron chi connectivity index (χ4n) is 3.97. The van der Waals surface area contributed by atoms with E-state index in [2.05, 4.69) is 13.8 Å². The van der Waals surface area contributed by atoms with Crippen LogP contribution in [0.25, 0.3) is 0 Å². The predicted octanol–water partition coefficient (Wildman–Crippen LogP) is 5.33. The molecular weight excluding hydrogens is 372 g/mol. The first-order chi connectivity index (χ1) is 13.6. The van der Waals surface area contributed by atoms with Crippen LogP contribution < -0.4 is 0 Å². The van der Waals surface area contributed by atoms with Gasteiger partial charge in [0.1, 0.15) is 0 Å². The van der Waals surface area contributed by atoms with Gasteiger partial charge in [-0.3, -0.25) is 0 Å². The van der Waals surface area contributed by atoms with Crippen molar-refractivity contribution in [1.29, 1.82) is 0 Å². The van der Waals surface area contributed by atoms with Gasteiger partial charge >= 0.3 is 8.80 Å². The molecule has 0 aromatic carbocycles. The van der Waals surface area contributed by atoms with Gasteiger partial charge in [-0.1, -0.05) is 39.5 Å². The molecule has 1 rings (SSSR count). The lowest BCUT2D eigenvalue weighted by molar-refractivity contribution is -0.0728. The highest BCUT2D eigenvalue weighted by molar-refractivity contribution is 6.60. The van der Waals surface area contributed by atoms with Crippen molar-refractivity contribution in [3.05, 3.63) is 0 Å². The number of rotatable bonds is 17. The molecular formula is C22H46O5Si. The summed E-state index contributed by atoms with van der Waals surface area (Å²) < 4.78 is 24.5. The molecule has 3 atom stereocenters. The number of ether oxygens (including phenoxy) is 1. The maximum absolute atomic E-state index is 10.3. The Kier molecular flexibility index (Phi) is 14.7. The van der Waals surface area contributed by atoms with E-state index in [1.165, 1.54) is 25.7 Å². The van der Waals surface area contributed by atoms with E-state index in [1.807, 2.05) is 13.8 Å². The van der Waals surface area contributed by atoms with E-state index in [1.54, 1.807) is 0 Å². The van der Waals surface area contributed by atoms with Crippen LogP contribution in [0.4, 0.5) is 0 Å². The molecule has 0 aromatic heterocycles. The van der Waals surface area contributed by atoms with Crippen LogP contribution >= 0.6 is 0 Å². The molecule has 5 nitrogen and oxygen atoms in total. The Morgan fingerprint density at radius 2 is 1.46 bits per heavy atom. The minimum atomic E-state index is -2.61. The summed E-state index contributed by atoms with van der Waals surface area (Å²) in [6.07, 6.45) is 10.4. The lowest BCUT2D eigenvalue weighted by Gasteiger charge is -2.35. The highest BCUT2D eigenvalue weighted by Crippen LogP contribution is 2.33. The zero-order chi connectivity index (χ0) is 20.7. The molecule has 1 saturated carbocycles. The van der Waals surface area contributed by atoms with Crippen LogP contribution in [0.1, 0.15) is 91.9 Å². The van der Waals surface area contributed by atoms with Crippen molar-refractivity contribution in [2.24, 2.45) is 5.92 Å². The fraction of sp³-hybridized carbons (Fsp3) is 1.00. The largest absolute Gasteiger partial charge is 0.500 e. The van der Waals surface area contributed by atoms with Crippen molar-refractivity contribution in [2.45, 2.75) is 110 Å². The molecule has 1 fully saturated rings. The molecule has 0 heterocycles. The lowest BCUT2D eigenvalue weighted by Crippen LogP contribution is -2.47. The SMILES string of the molecule is CCCCCOC1CC(CC[Si](OCC)(OCC)OCCCCC)CCC1O. The van der Waals surface area contributed by atoms with Crippen LogP contribution in [0.5, 0.6) is 0 Å². The Labute approximate surface area is 174 Å². The predicted molar refractivity (Wildman–Crippen MR) is 117 cm³/mol. The molecule has 0 saturated heterocycles. The van der Waals surface area contributed by atoms with Gasteiger partial charge in [-0.15, -0.1) is 0 Å². The van der Waals surface area contributed by atoms with Crippen LogP contribution in [0.2, 0.25) is 6.04 Å². The third-order valence-electron chi connectivity index (χ3n) is 5.60. The van der Waals surface area contributed by atoms with Gasteiger partial charge in [0.05, 0.1) is 12.2 Å². The zero-order valence-corrected chi connectivity index (χ0v) is 19.9. The number of aliphatic hydroxyl groups is 1. The summed E-state index contributed by atoms with van der Waals surface area (Å²) >= 11 is 0. The van der Waals surface area contributed by atoms with Gasteiger partial charge in [0.25, 0.3) is 0 Å². The van der Waals surface area contributed by atoms with E-state index >= 15 is 0 Å². The third-order valence-corrected chi connectivity index (χ3v) is 8.60. The average Bonchev–Trinajstić information content (AvgIpc) is 2.69. The van der Waals surface area contributed by atoms with Gasteiger partial charge in [-0.2, -0.15) is 0 Å². The molecule has 1 aliphatic carbocycles. The molecule has 6 heteroatoms. The Hall–Kier alpha value is 0.0169. The standard InChI is InChI=1S/C22H46O5Si/c1-5-9-11-16-24-22-19-20(13-14-21(22)23)15-18-28(25-7-3,26-8-4)27-17-12-10-6-2/h20-23H,5-19H2,1-4H3. The van der Waals surface area contributed by atoms with Crippen molar-refractivity contribution in [3.63, 3.8) is 0 Å². The van der Waals surface area contributed by atoms with Crippen molar-refractivity contribution >= 4 is 8.80 Å². The average molecular weight is 419 g/mol. The number of aliphatic hydroxyl groups excluding tert-OH is 1. The summed E-state index contributed by atoms with van der Waals surface area (Å²) in [4.78, 5) is 0. The summed E-state index contributed by atoms with van der Waals surface area (Å²) in [5.41, 5.74) is 0. The Balaban J connectivity index is 2.53. The van der Waals surface area contributed by atoms with E-state index in [0.717, 1.165) is 57.8 Å². The molecule has 28 heavy (non-hydrogen) atoms. The van der Waals surface area contributed by atoms with Crippen molar-refractivity contribution in [1.82, 2.24) is 0 Å². The van der Waals surface area contributed by atoms with E-state index < -0.39 is 8.80 Å².